The molecule has 0 aliphatic rings. The summed E-state index contributed by atoms with van der Waals surface area (Å²) in [5.74, 6) is 3.08. The van der Waals surface area contributed by atoms with Gasteiger partial charge in [-0.25, -0.2) is 9.97 Å². The van der Waals surface area contributed by atoms with Gasteiger partial charge in [0.2, 0.25) is 11.8 Å². The van der Waals surface area contributed by atoms with Gasteiger partial charge in [-0.05, 0) is 38.1 Å². The Labute approximate surface area is 139 Å². The second-order valence-electron chi connectivity index (χ2n) is 5.26. The van der Waals surface area contributed by atoms with Crippen molar-refractivity contribution in [1.29, 1.82) is 0 Å². The SMILES string of the molecule is CC(=O)Nc1ccc(Oc2cc(-n3ccnc3C)nc(C)n2)cc1. The van der Waals surface area contributed by atoms with Crippen molar-refractivity contribution in [3.05, 3.63) is 54.4 Å². The number of carbonyl (C=O) groups is 1. The summed E-state index contributed by atoms with van der Waals surface area (Å²) in [7, 11) is 0. The average molecular weight is 323 g/mol. The molecule has 0 aliphatic carbocycles. The second-order valence-corrected chi connectivity index (χ2v) is 5.26. The van der Waals surface area contributed by atoms with Crippen molar-refractivity contribution in [1.82, 2.24) is 19.5 Å². The Balaban J connectivity index is 1.84. The van der Waals surface area contributed by atoms with Gasteiger partial charge < -0.3 is 10.1 Å². The summed E-state index contributed by atoms with van der Waals surface area (Å²) in [4.78, 5) is 23.9. The number of anilines is 1. The van der Waals surface area contributed by atoms with Crippen LogP contribution in [0.4, 0.5) is 5.69 Å². The molecule has 0 radical (unpaired) electrons. The van der Waals surface area contributed by atoms with Gasteiger partial charge in [-0.3, -0.25) is 9.36 Å². The fourth-order valence-corrected chi connectivity index (χ4v) is 2.25. The van der Waals surface area contributed by atoms with Gasteiger partial charge in [-0.1, -0.05) is 0 Å². The highest BCUT2D eigenvalue weighted by molar-refractivity contribution is 5.88. The maximum Gasteiger partial charge on any atom is 0.224 e. The summed E-state index contributed by atoms with van der Waals surface area (Å²) in [6, 6.07) is 8.83. The molecule has 0 saturated carbocycles. The standard InChI is InChI=1S/C17H17N5O2/c1-11-19-16(22-9-8-18-12(22)2)10-17(20-11)24-15-6-4-14(5-7-15)21-13(3)23/h4-10H,1-3H3,(H,21,23). The molecule has 1 aromatic carbocycles. The number of hydrogen-bond acceptors (Lipinski definition) is 5. The molecular formula is C17H17N5O2. The first-order valence-electron chi connectivity index (χ1n) is 7.43. The Morgan fingerprint density at radius 1 is 1.17 bits per heavy atom. The Morgan fingerprint density at radius 2 is 1.92 bits per heavy atom. The molecule has 0 spiro atoms. The molecular weight excluding hydrogens is 306 g/mol. The molecule has 7 nitrogen and oxygen atoms in total. The van der Waals surface area contributed by atoms with E-state index in [2.05, 4.69) is 20.3 Å². The van der Waals surface area contributed by atoms with Crippen molar-refractivity contribution < 1.29 is 9.53 Å². The van der Waals surface area contributed by atoms with Gasteiger partial charge in [0.1, 0.15) is 23.2 Å². The minimum atomic E-state index is -0.115. The molecule has 3 aromatic rings. The van der Waals surface area contributed by atoms with Gasteiger partial charge in [-0.2, -0.15) is 4.98 Å². The average Bonchev–Trinajstić information content (AvgIpc) is 2.94. The van der Waals surface area contributed by atoms with E-state index in [9.17, 15) is 4.79 Å². The molecule has 3 rings (SSSR count). The normalized spacial score (nSPS) is 10.5. The minimum Gasteiger partial charge on any atom is -0.439 e. The Morgan fingerprint density at radius 3 is 2.54 bits per heavy atom. The highest BCUT2D eigenvalue weighted by Gasteiger charge is 2.08. The summed E-state index contributed by atoms with van der Waals surface area (Å²) in [5.41, 5.74) is 0.712. The molecule has 0 aliphatic heterocycles. The van der Waals surface area contributed by atoms with E-state index in [-0.39, 0.29) is 5.91 Å². The van der Waals surface area contributed by atoms with Crippen molar-refractivity contribution in [3.8, 4) is 17.4 Å². The third-order valence-corrected chi connectivity index (χ3v) is 3.27. The largest absolute Gasteiger partial charge is 0.439 e. The summed E-state index contributed by atoms with van der Waals surface area (Å²) in [5, 5.41) is 2.71. The van der Waals surface area contributed by atoms with E-state index in [1.165, 1.54) is 6.92 Å². The second kappa shape index (κ2) is 6.49. The van der Waals surface area contributed by atoms with Crippen molar-refractivity contribution in [2.75, 3.05) is 5.32 Å². The number of ether oxygens (including phenoxy) is 1. The predicted molar refractivity (Wildman–Crippen MR) is 89.4 cm³/mol. The van der Waals surface area contributed by atoms with Crippen LogP contribution in [0.2, 0.25) is 0 Å². The summed E-state index contributed by atoms with van der Waals surface area (Å²) < 4.78 is 7.66. The molecule has 7 heteroatoms. The van der Waals surface area contributed by atoms with Gasteiger partial charge >= 0.3 is 0 Å². The smallest absolute Gasteiger partial charge is 0.224 e. The van der Waals surface area contributed by atoms with E-state index in [4.69, 9.17) is 4.74 Å². The first-order valence-corrected chi connectivity index (χ1v) is 7.43. The highest BCUT2D eigenvalue weighted by Crippen LogP contribution is 2.23. The lowest BCUT2D eigenvalue weighted by Gasteiger charge is -2.10. The Hall–Kier alpha value is -3.22. The number of benzene rings is 1. The Kier molecular flexibility index (Phi) is 4.24. The van der Waals surface area contributed by atoms with E-state index >= 15 is 0 Å². The zero-order valence-corrected chi connectivity index (χ0v) is 13.6. The summed E-state index contributed by atoms with van der Waals surface area (Å²) >= 11 is 0. The fraction of sp³-hybridized carbons (Fsp3) is 0.176. The molecule has 2 heterocycles. The van der Waals surface area contributed by atoms with Crippen LogP contribution >= 0.6 is 0 Å². The number of nitrogens with zero attached hydrogens (tertiary/aromatic N) is 4. The fourth-order valence-electron chi connectivity index (χ4n) is 2.25. The van der Waals surface area contributed by atoms with Crippen LogP contribution in [0.25, 0.3) is 5.82 Å². The van der Waals surface area contributed by atoms with Crippen molar-refractivity contribution in [2.24, 2.45) is 0 Å². The van der Waals surface area contributed by atoms with Gasteiger partial charge in [0.05, 0.1) is 0 Å². The van der Waals surface area contributed by atoms with Crippen LogP contribution < -0.4 is 10.1 Å². The third-order valence-electron chi connectivity index (χ3n) is 3.27. The van der Waals surface area contributed by atoms with E-state index in [1.807, 2.05) is 24.6 Å². The van der Waals surface area contributed by atoms with Crippen LogP contribution in [0.15, 0.2) is 42.7 Å². The number of aromatic nitrogens is 4. The van der Waals surface area contributed by atoms with Crippen LogP contribution in [-0.2, 0) is 4.79 Å². The topological polar surface area (TPSA) is 81.9 Å². The zero-order chi connectivity index (χ0) is 17.1. The molecule has 0 saturated heterocycles. The van der Waals surface area contributed by atoms with Crippen molar-refractivity contribution in [3.63, 3.8) is 0 Å². The molecule has 24 heavy (non-hydrogen) atoms. The van der Waals surface area contributed by atoms with Gasteiger partial charge in [0.15, 0.2) is 0 Å². The molecule has 0 unspecified atom stereocenters. The Bertz CT molecular complexity index is 871. The van der Waals surface area contributed by atoms with Gasteiger partial charge in [0.25, 0.3) is 0 Å². The van der Waals surface area contributed by atoms with Crippen LogP contribution in [0, 0.1) is 13.8 Å². The third kappa shape index (κ3) is 3.57. The van der Waals surface area contributed by atoms with Crippen LogP contribution in [0.3, 0.4) is 0 Å². The van der Waals surface area contributed by atoms with E-state index in [1.54, 1.807) is 36.5 Å². The van der Waals surface area contributed by atoms with Crippen LogP contribution in [0.5, 0.6) is 11.6 Å². The van der Waals surface area contributed by atoms with Crippen molar-refractivity contribution in [2.45, 2.75) is 20.8 Å². The number of aryl methyl sites for hydroxylation is 2. The summed E-state index contributed by atoms with van der Waals surface area (Å²) in [6.45, 7) is 5.18. The van der Waals surface area contributed by atoms with E-state index < -0.39 is 0 Å². The minimum absolute atomic E-state index is 0.115. The number of nitrogens with one attached hydrogen (secondary N) is 1. The molecule has 1 amide bonds. The van der Waals surface area contributed by atoms with E-state index in [0.717, 1.165) is 5.82 Å². The number of amides is 1. The lowest BCUT2D eigenvalue weighted by Crippen LogP contribution is -2.05. The molecule has 0 atom stereocenters. The number of rotatable bonds is 4. The van der Waals surface area contributed by atoms with E-state index in [0.29, 0.717) is 29.0 Å². The molecule has 0 fully saturated rings. The molecule has 122 valence electrons. The monoisotopic (exact) mass is 323 g/mol. The van der Waals surface area contributed by atoms with Gasteiger partial charge in [-0.15, -0.1) is 0 Å². The zero-order valence-electron chi connectivity index (χ0n) is 13.6. The molecule has 1 N–H and O–H groups in total. The first-order chi connectivity index (χ1) is 11.5. The number of imidazole rings is 1. The maximum atomic E-state index is 11.0. The molecule has 0 bridgehead atoms. The molecule has 2 aromatic heterocycles. The lowest BCUT2D eigenvalue weighted by molar-refractivity contribution is -0.114. The lowest BCUT2D eigenvalue weighted by atomic mass is 10.3. The van der Waals surface area contributed by atoms with Gasteiger partial charge in [0, 0.05) is 31.1 Å². The first kappa shape index (κ1) is 15.7. The maximum absolute atomic E-state index is 11.0. The number of carbonyl (C=O) groups excluding carboxylic acids is 1. The van der Waals surface area contributed by atoms with Crippen molar-refractivity contribution >= 4 is 11.6 Å². The predicted octanol–water partition coefficient (Wildman–Crippen LogP) is 3.03. The quantitative estimate of drug-likeness (QED) is 0.798. The highest BCUT2D eigenvalue weighted by atomic mass is 16.5. The number of hydrogen-bond donors (Lipinski definition) is 1. The van der Waals surface area contributed by atoms with Crippen LogP contribution in [0.1, 0.15) is 18.6 Å². The van der Waals surface area contributed by atoms with Crippen LogP contribution in [-0.4, -0.2) is 25.4 Å². The summed E-state index contributed by atoms with van der Waals surface area (Å²) in [6.07, 6.45) is 3.55.